The SMILES string of the molecule is Cc1cc(NC(=O)CN(C)OC/C=C\C(=N)C2=CCC(F)(F)CC2)cc(C)n1. The lowest BCUT2D eigenvalue weighted by Gasteiger charge is -2.21. The molecular weight excluding hydrogens is 366 g/mol. The van der Waals surface area contributed by atoms with Crippen LogP contribution in [0.25, 0.3) is 0 Å². The Kier molecular flexibility index (Phi) is 7.53. The van der Waals surface area contributed by atoms with Gasteiger partial charge in [-0.1, -0.05) is 12.2 Å². The Hall–Kier alpha value is -2.45. The Labute approximate surface area is 163 Å². The van der Waals surface area contributed by atoms with Crippen LogP contribution >= 0.6 is 0 Å². The highest BCUT2D eigenvalue weighted by Crippen LogP contribution is 2.32. The zero-order valence-corrected chi connectivity index (χ0v) is 16.4. The minimum atomic E-state index is -2.66. The second kappa shape index (κ2) is 9.66. The summed E-state index contributed by atoms with van der Waals surface area (Å²) >= 11 is 0. The predicted octanol–water partition coefficient (Wildman–Crippen LogP) is 3.82. The second-order valence-corrected chi connectivity index (χ2v) is 6.87. The molecule has 1 aromatic rings. The Morgan fingerprint density at radius 3 is 2.68 bits per heavy atom. The van der Waals surface area contributed by atoms with Crippen LogP contribution < -0.4 is 5.32 Å². The number of rotatable bonds is 8. The highest BCUT2D eigenvalue weighted by Gasteiger charge is 2.31. The van der Waals surface area contributed by atoms with Gasteiger partial charge in [-0.25, -0.2) is 8.78 Å². The van der Waals surface area contributed by atoms with Gasteiger partial charge in [0, 0.05) is 37.0 Å². The fourth-order valence-electron chi connectivity index (χ4n) is 2.84. The molecule has 0 aliphatic heterocycles. The average molecular weight is 392 g/mol. The highest BCUT2D eigenvalue weighted by molar-refractivity contribution is 6.06. The van der Waals surface area contributed by atoms with Crippen LogP contribution in [0.3, 0.4) is 0 Å². The van der Waals surface area contributed by atoms with Gasteiger partial charge in [-0.05, 0) is 44.1 Å². The molecule has 0 unspecified atom stereocenters. The van der Waals surface area contributed by atoms with E-state index in [1.54, 1.807) is 25.3 Å². The van der Waals surface area contributed by atoms with Crippen molar-refractivity contribution in [1.82, 2.24) is 10.0 Å². The summed E-state index contributed by atoms with van der Waals surface area (Å²) in [7, 11) is 1.63. The topological polar surface area (TPSA) is 78.3 Å². The van der Waals surface area contributed by atoms with Crippen molar-refractivity contribution in [1.29, 1.82) is 5.41 Å². The number of alkyl halides is 2. The smallest absolute Gasteiger partial charge is 0.251 e. The van der Waals surface area contributed by atoms with E-state index in [4.69, 9.17) is 10.2 Å². The fraction of sp³-hybridized carbons (Fsp3) is 0.450. The molecule has 0 saturated carbocycles. The molecule has 0 atom stereocenters. The van der Waals surface area contributed by atoms with E-state index in [1.807, 2.05) is 13.8 Å². The summed E-state index contributed by atoms with van der Waals surface area (Å²) in [5, 5.41) is 12.1. The average Bonchev–Trinajstić information content (AvgIpc) is 2.57. The number of likely N-dealkylation sites (N-methyl/N-ethyl adjacent to an activating group) is 1. The molecule has 0 saturated heterocycles. The van der Waals surface area contributed by atoms with E-state index in [1.165, 1.54) is 17.2 Å². The minimum absolute atomic E-state index is 0.0337. The van der Waals surface area contributed by atoms with Crippen molar-refractivity contribution in [2.24, 2.45) is 0 Å². The molecule has 28 heavy (non-hydrogen) atoms. The third kappa shape index (κ3) is 7.28. The molecule has 1 aliphatic rings. The first kappa shape index (κ1) is 21.8. The van der Waals surface area contributed by atoms with E-state index in [9.17, 15) is 13.6 Å². The van der Waals surface area contributed by atoms with Crippen LogP contribution in [0.5, 0.6) is 0 Å². The van der Waals surface area contributed by atoms with Crippen LogP contribution in [0.2, 0.25) is 0 Å². The summed E-state index contributed by atoms with van der Waals surface area (Å²) in [6.45, 7) is 3.92. The molecule has 1 amide bonds. The summed E-state index contributed by atoms with van der Waals surface area (Å²) < 4.78 is 26.2. The van der Waals surface area contributed by atoms with Gasteiger partial charge in [-0.3, -0.25) is 14.6 Å². The molecule has 152 valence electrons. The molecule has 1 aromatic heterocycles. The summed E-state index contributed by atoms with van der Waals surface area (Å²) in [6, 6.07) is 3.58. The summed E-state index contributed by atoms with van der Waals surface area (Å²) in [5.74, 6) is -2.88. The van der Waals surface area contributed by atoms with Crippen LogP contribution in [0.1, 0.15) is 30.7 Å². The molecule has 2 N–H and O–H groups in total. The molecule has 0 fully saturated rings. The number of hydrogen-bond donors (Lipinski definition) is 2. The lowest BCUT2D eigenvalue weighted by atomic mass is 9.93. The molecule has 2 rings (SSSR count). The van der Waals surface area contributed by atoms with Crippen LogP contribution in [0, 0.1) is 19.3 Å². The summed E-state index contributed by atoms with van der Waals surface area (Å²) in [5.41, 5.74) is 3.16. The van der Waals surface area contributed by atoms with Crippen molar-refractivity contribution in [2.45, 2.75) is 39.0 Å². The monoisotopic (exact) mass is 392 g/mol. The van der Waals surface area contributed by atoms with E-state index in [0.717, 1.165) is 11.4 Å². The van der Waals surface area contributed by atoms with Gasteiger partial charge in [0.2, 0.25) is 5.91 Å². The number of anilines is 1. The number of aryl methyl sites for hydroxylation is 2. The zero-order chi connectivity index (χ0) is 20.7. The number of nitrogens with one attached hydrogen (secondary N) is 2. The lowest BCUT2D eigenvalue weighted by Crippen LogP contribution is -2.30. The Bertz CT molecular complexity index is 770. The summed E-state index contributed by atoms with van der Waals surface area (Å²) in [4.78, 5) is 21.7. The lowest BCUT2D eigenvalue weighted by molar-refractivity contribution is -0.145. The number of aromatic nitrogens is 1. The molecule has 0 spiro atoms. The van der Waals surface area contributed by atoms with E-state index in [2.05, 4.69) is 10.3 Å². The molecule has 8 heteroatoms. The molecule has 1 aliphatic carbocycles. The first-order valence-corrected chi connectivity index (χ1v) is 9.06. The van der Waals surface area contributed by atoms with Gasteiger partial charge in [-0.2, -0.15) is 5.06 Å². The van der Waals surface area contributed by atoms with Crippen molar-refractivity contribution in [3.63, 3.8) is 0 Å². The number of amides is 1. The largest absolute Gasteiger partial charge is 0.325 e. The van der Waals surface area contributed by atoms with Crippen LogP contribution in [-0.4, -0.2) is 47.8 Å². The first-order chi connectivity index (χ1) is 13.1. The maximum Gasteiger partial charge on any atom is 0.251 e. The van der Waals surface area contributed by atoms with Crippen LogP contribution in [-0.2, 0) is 9.63 Å². The maximum atomic E-state index is 13.1. The fourth-order valence-corrected chi connectivity index (χ4v) is 2.84. The van der Waals surface area contributed by atoms with E-state index in [0.29, 0.717) is 11.3 Å². The van der Waals surface area contributed by atoms with Gasteiger partial charge in [-0.15, -0.1) is 0 Å². The second-order valence-electron chi connectivity index (χ2n) is 6.87. The predicted molar refractivity (Wildman–Crippen MR) is 105 cm³/mol. The van der Waals surface area contributed by atoms with Crippen molar-refractivity contribution >= 4 is 17.3 Å². The standard InChI is InChI=1S/C20H26F2N4O2/c1-14-11-17(12-15(2)24-14)25-19(27)13-26(3)28-10-4-5-18(23)16-6-8-20(21,22)9-7-16/h4-6,11-12,23H,7-10,13H2,1-3H3,(H,24,25,27)/b5-4-,23-18?. The van der Waals surface area contributed by atoms with E-state index in [-0.39, 0.29) is 44.0 Å². The number of carbonyl (C=O) groups excluding carboxylic acids is 1. The molecule has 0 radical (unpaired) electrons. The van der Waals surface area contributed by atoms with Crippen molar-refractivity contribution in [2.75, 3.05) is 25.5 Å². The quantitative estimate of drug-likeness (QED) is 0.521. The van der Waals surface area contributed by atoms with Gasteiger partial charge >= 0.3 is 0 Å². The van der Waals surface area contributed by atoms with Gasteiger partial charge in [0.1, 0.15) is 6.54 Å². The van der Waals surface area contributed by atoms with Gasteiger partial charge in [0.15, 0.2) is 0 Å². The molecule has 0 aromatic carbocycles. The normalized spacial score (nSPS) is 16.3. The number of pyridine rings is 1. The maximum absolute atomic E-state index is 13.1. The number of allylic oxidation sites excluding steroid dienone is 3. The Morgan fingerprint density at radius 1 is 1.39 bits per heavy atom. The third-order valence-electron chi connectivity index (χ3n) is 4.16. The van der Waals surface area contributed by atoms with E-state index < -0.39 is 5.92 Å². The van der Waals surface area contributed by atoms with Crippen molar-refractivity contribution < 1.29 is 18.4 Å². The van der Waals surface area contributed by atoms with Crippen molar-refractivity contribution in [3.8, 4) is 0 Å². The minimum Gasteiger partial charge on any atom is -0.325 e. The Morgan fingerprint density at radius 2 is 2.07 bits per heavy atom. The number of carbonyl (C=O) groups is 1. The number of hydrogen-bond acceptors (Lipinski definition) is 5. The molecular formula is C20H26F2N4O2. The highest BCUT2D eigenvalue weighted by atomic mass is 19.3. The molecule has 6 nitrogen and oxygen atoms in total. The number of hydroxylamine groups is 2. The van der Waals surface area contributed by atoms with Crippen LogP contribution in [0.4, 0.5) is 14.5 Å². The molecule has 0 bridgehead atoms. The third-order valence-corrected chi connectivity index (χ3v) is 4.16. The zero-order valence-electron chi connectivity index (χ0n) is 16.4. The number of nitrogens with zero attached hydrogens (tertiary/aromatic N) is 2. The van der Waals surface area contributed by atoms with Gasteiger partial charge in [0.05, 0.1) is 12.3 Å². The molecule has 1 heterocycles. The first-order valence-electron chi connectivity index (χ1n) is 9.06. The van der Waals surface area contributed by atoms with Crippen molar-refractivity contribution in [3.05, 3.63) is 47.3 Å². The number of halogens is 2. The van der Waals surface area contributed by atoms with Gasteiger partial charge < -0.3 is 10.7 Å². The van der Waals surface area contributed by atoms with Gasteiger partial charge in [0.25, 0.3) is 5.92 Å². The van der Waals surface area contributed by atoms with E-state index >= 15 is 0 Å². The van der Waals surface area contributed by atoms with Crippen LogP contribution in [0.15, 0.2) is 35.9 Å². The Balaban J connectivity index is 1.72. The summed E-state index contributed by atoms with van der Waals surface area (Å²) in [6.07, 6.45) is 4.25.